The Hall–Kier alpha value is -2.42. The number of hydrogen-bond donors (Lipinski definition) is 0. The van der Waals surface area contributed by atoms with Gasteiger partial charge in [-0.2, -0.15) is 0 Å². The molecule has 0 aliphatic carbocycles. The number of esters is 1. The van der Waals surface area contributed by atoms with E-state index >= 15 is 0 Å². The van der Waals surface area contributed by atoms with Crippen molar-refractivity contribution < 1.29 is 14.3 Å². The van der Waals surface area contributed by atoms with E-state index in [9.17, 15) is 9.59 Å². The van der Waals surface area contributed by atoms with Crippen LogP contribution in [0.3, 0.4) is 0 Å². The molecule has 2 aromatic rings. The highest BCUT2D eigenvalue weighted by molar-refractivity contribution is 5.77. The molecule has 3 nitrogen and oxygen atoms in total. The summed E-state index contributed by atoms with van der Waals surface area (Å²) in [7, 11) is 1.40. The minimum absolute atomic E-state index is 0.210. The first-order chi connectivity index (χ1) is 10.2. The van der Waals surface area contributed by atoms with Crippen molar-refractivity contribution in [1.82, 2.24) is 0 Å². The molecule has 0 saturated carbocycles. The second kappa shape index (κ2) is 7.39. The molecule has 0 amide bonds. The Kier molecular flexibility index (Phi) is 5.27. The summed E-state index contributed by atoms with van der Waals surface area (Å²) in [6.45, 7) is 0. The Bertz CT molecular complexity index is 632. The van der Waals surface area contributed by atoms with Crippen molar-refractivity contribution in [3.8, 4) is 0 Å². The quantitative estimate of drug-likeness (QED) is 0.603. The van der Waals surface area contributed by atoms with Gasteiger partial charge in [-0.3, -0.25) is 9.59 Å². The van der Waals surface area contributed by atoms with Crippen LogP contribution in [0.15, 0.2) is 48.5 Å². The molecule has 3 heteroatoms. The first-order valence-corrected chi connectivity index (χ1v) is 6.91. The molecule has 0 N–H and O–H groups in total. The molecule has 0 bridgehead atoms. The van der Waals surface area contributed by atoms with Crippen molar-refractivity contribution in [1.29, 1.82) is 0 Å². The van der Waals surface area contributed by atoms with E-state index in [1.807, 2.05) is 48.5 Å². The van der Waals surface area contributed by atoms with Crippen LogP contribution in [0.5, 0.6) is 0 Å². The van der Waals surface area contributed by atoms with Gasteiger partial charge in [0.2, 0.25) is 0 Å². The molecule has 2 aromatic carbocycles. The predicted octanol–water partition coefficient (Wildman–Crippen LogP) is 3.20. The number of methoxy groups -OCH3 is 1. The molecule has 0 atom stereocenters. The summed E-state index contributed by atoms with van der Waals surface area (Å²) in [6.07, 6.45) is 2.58. The lowest BCUT2D eigenvalue weighted by Gasteiger charge is -2.10. The number of aldehydes is 1. The Balaban J connectivity index is 2.20. The van der Waals surface area contributed by atoms with Crippen LogP contribution in [0.25, 0.3) is 0 Å². The molecule has 0 aromatic heterocycles. The number of rotatable bonds is 6. The van der Waals surface area contributed by atoms with Gasteiger partial charge < -0.3 is 4.74 Å². The highest BCUT2D eigenvalue weighted by Gasteiger charge is 2.08. The third kappa shape index (κ3) is 4.02. The molecular weight excluding hydrogens is 264 g/mol. The van der Waals surface area contributed by atoms with Crippen molar-refractivity contribution in [2.24, 2.45) is 0 Å². The second-order valence-electron chi connectivity index (χ2n) is 4.84. The number of ether oxygens (including phenoxy) is 1. The van der Waals surface area contributed by atoms with Crippen LogP contribution in [0.4, 0.5) is 0 Å². The predicted molar refractivity (Wildman–Crippen MR) is 81.4 cm³/mol. The molecule has 108 valence electrons. The summed E-state index contributed by atoms with van der Waals surface area (Å²) in [4.78, 5) is 22.4. The van der Waals surface area contributed by atoms with Gasteiger partial charge in [0, 0.05) is 12.0 Å². The fraction of sp³-hybridized carbons (Fsp3) is 0.222. The van der Waals surface area contributed by atoms with E-state index < -0.39 is 0 Å². The summed E-state index contributed by atoms with van der Waals surface area (Å²) in [5.41, 5.74) is 3.96. The van der Waals surface area contributed by atoms with Crippen molar-refractivity contribution in [3.05, 3.63) is 70.8 Å². The Labute approximate surface area is 124 Å². The van der Waals surface area contributed by atoms with Gasteiger partial charge in [-0.25, -0.2) is 0 Å². The number of carbonyl (C=O) groups excluding carboxylic acids is 2. The molecule has 2 rings (SSSR count). The van der Waals surface area contributed by atoms with E-state index in [0.29, 0.717) is 24.8 Å². The van der Waals surface area contributed by atoms with Crippen LogP contribution in [-0.4, -0.2) is 19.4 Å². The van der Waals surface area contributed by atoms with Gasteiger partial charge in [0.05, 0.1) is 7.11 Å². The van der Waals surface area contributed by atoms with Gasteiger partial charge >= 0.3 is 5.97 Å². The SMILES string of the molecule is COC(=O)CCc1ccccc1Cc1ccccc1C=O. The second-order valence-corrected chi connectivity index (χ2v) is 4.84. The van der Waals surface area contributed by atoms with E-state index in [0.717, 1.165) is 23.0 Å². The van der Waals surface area contributed by atoms with Gasteiger partial charge in [-0.1, -0.05) is 48.5 Å². The molecule has 0 fully saturated rings. The summed E-state index contributed by atoms with van der Waals surface area (Å²) < 4.78 is 4.68. The zero-order chi connectivity index (χ0) is 15.1. The van der Waals surface area contributed by atoms with E-state index in [1.165, 1.54) is 7.11 Å². The third-order valence-corrected chi connectivity index (χ3v) is 3.51. The van der Waals surface area contributed by atoms with Crippen molar-refractivity contribution in [2.45, 2.75) is 19.3 Å². The van der Waals surface area contributed by atoms with Crippen LogP contribution in [0.1, 0.15) is 33.5 Å². The normalized spacial score (nSPS) is 10.1. The van der Waals surface area contributed by atoms with Crippen LogP contribution in [0.2, 0.25) is 0 Å². The fourth-order valence-corrected chi connectivity index (χ4v) is 2.33. The van der Waals surface area contributed by atoms with Crippen LogP contribution >= 0.6 is 0 Å². The Morgan fingerprint density at radius 2 is 1.62 bits per heavy atom. The summed E-state index contributed by atoms with van der Waals surface area (Å²) in [6, 6.07) is 15.5. The lowest BCUT2D eigenvalue weighted by Crippen LogP contribution is -2.04. The van der Waals surface area contributed by atoms with Crippen molar-refractivity contribution in [3.63, 3.8) is 0 Å². The zero-order valence-electron chi connectivity index (χ0n) is 12.0. The minimum Gasteiger partial charge on any atom is -0.469 e. The molecule has 0 aliphatic heterocycles. The van der Waals surface area contributed by atoms with E-state index in [2.05, 4.69) is 4.74 Å². The molecule has 0 aliphatic rings. The largest absolute Gasteiger partial charge is 0.469 e. The van der Waals surface area contributed by atoms with Gasteiger partial charge in [-0.15, -0.1) is 0 Å². The van der Waals surface area contributed by atoms with Crippen molar-refractivity contribution in [2.75, 3.05) is 7.11 Å². The highest BCUT2D eigenvalue weighted by Crippen LogP contribution is 2.18. The molecule has 0 heterocycles. The van der Waals surface area contributed by atoms with E-state index in [-0.39, 0.29) is 5.97 Å². The average molecular weight is 282 g/mol. The first kappa shape index (κ1) is 15.0. The maximum absolute atomic E-state index is 11.3. The smallest absolute Gasteiger partial charge is 0.305 e. The third-order valence-electron chi connectivity index (χ3n) is 3.51. The Morgan fingerprint density at radius 1 is 1.00 bits per heavy atom. The highest BCUT2D eigenvalue weighted by atomic mass is 16.5. The fourth-order valence-electron chi connectivity index (χ4n) is 2.33. The van der Waals surface area contributed by atoms with Crippen LogP contribution in [0, 0.1) is 0 Å². The first-order valence-electron chi connectivity index (χ1n) is 6.91. The van der Waals surface area contributed by atoms with Gasteiger partial charge in [0.15, 0.2) is 0 Å². The average Bonchev–Trinajstić information content (AvgIpc) is 2.54. The van der Waals surface area contributed by atoms with E-state index in [4.69, 9.17) is 0 Å². The topological polar surface area (TPSA) is 43.4 Å². The summed E-state index contributed by atoms with van der Waals surface area (Å²) >= 11 is 0. The summed E-state index contributed by atoms with van der Waals surface area (Å²) in [5.74, 6) is -0.210. The van der Waals surface area contributed by atoms with Gasteiger partial charge in [0.25, 0.3) is 0 Å². The molecule has 0 saturated heterocycles. The number of hydrogen-bond acceptors (Lipinski definition) is 3. The van der Waals surface area contributed by atoms with Gasteiger partial charge in [-0.05, 0) is 29.5 Å². The maximum Gasteiger partial charge on any atom is 0.305 e. The number of benzene rings is 2. The number of aryl methyl sites for hydroxylation is 1. The van der Waals surface area contributed by atoms with Crippen LogP contribution < -0.4 is 0 Å². The maximum atomic E-state index is 11.3. The lowest BCUT2D eigenvalue weighted by molar-refractivity contribution is -0.140. The monoisotopic (exact) mass is 282 g/mol. The number of carbonyl (C=O) groups is 2. The van der Waals surface area contributed by atoms with Crippen molar-refractivity contribution >= 4 is 12.3 Å². The van der Waals surface area contributed by atoms with Crippen LogP contribution in [-0.2, 0) is 22.4 Å². The van der Waals surface area contributed by atoms with E-state index in [1.54, 1.807) is 0 Å². The molecule has 21 heavy (non-hydrogen) atoms. The Morgan fingerprint density at radius 3 is 2.29 bits per heavy atom. The zero-order valence-corrected chi connectivity index (χ0v) is 12.0. The molecule has 0 spiro atoms. The summed E-state index contributed by atoms with van der Waals surface area (Å²) in [5, 5.41) is 0. The molecule has 0 unspecified atom stereocenters. The molecular formula is C18H18O3. The minimum atomic E-state index is -0.210. The molecule has 0 radical (unpaired) electrons. The van der Waals surface area contributed by atoms with Gasteiger partial charge in [0.1, 0.15) is 6.29 Å². The lowest BCUT2D eigenvalue weighted by atomic mass is 9.95. The standard InChI is InChI=1S/C18H18O3/c1-21-18(20)11-10-14-6-2-3-7-15(14)12-16-8-4-5-9-17(16)13-19/h2-9,13H,10-12H2,1H3.